The molecule has 6 fully saturated rings. The van der Waals surface area contributed by atoms with Crippen molar-refractivity contribution in [3.8, 4) is 0 Å². The van der Waals surface area contributed by atoms with E-state index in [0.29, 0.717) is 134 Å². The highest BCUT2D eigenvalue weighted by Crippen LogP contribution is 2.30. The Hall–Kier alpha value is -7.09. The number of benzene rings is 4. The van der Waals surface area contributed by atoms with Crippen LogP contribution in [0.5, 0.6) is 0 Å². The number of ether oxygens (including phenoxy) is 2. The molecule has 6 saturated heterocycles. The summed E-state index contributed by atoms with van der Waals surface area (Å²) in [5.74, 6) is -1.29. The number of hydrogen-bond donors (Lipinski definition) is 8. The van der Waals surface area contributed by atoms with Gasteiger partial charge in [0, 0.05) is 125 Å². The molecular weight excluding hydrogens is 1480 g/mol. The molecule has 6 aliphatic rings. The van der Waals surface area contributed by atoms with Crippen molar-refractivity contribution in [3.05, 3.63) is 108 Å². The van der Waals surface area contributed by atoms with Gasteiger partial charge in [-0.05, 0) is 214 Å². The number of para-hydroxylation sites is 1. The number of rotatable bonds is 18. The molecule has 4 aromatic carbocycles. The molecule has 0 radical (unpaired) electrons. The Morgan fingerprint density at radius 1 is 0.380 bits per heavy atom. The van der Waals surface area contributed by atoms with Gasteiger partial charge in [-0.1, -0.05) is 18.2 Å². The van der Waals surface area contributed by atoms with Crippen molar-refractivity contribution in [1.29, 1.82) is 0 Å². The molecule has 604 valence electrons. The number of nitrogens with one attached hydrogen (secondary N) is 8. The van der Waals surface area contributed by atoms with Gasteiger partial charge in [-0.2, -0.15) is 0 Å². The Morgan fingerprint density at radius 2 is 0.685 bits per heavy atom. The van der Waals surface area contributed by atoms with Crippen molar-refractivity contribution >= 4 is 98.3 Å². The molecule has 8 amide bonds. The fourth-order valence-electron chi connectivity index (χ4n) is 12.9. The number of piperidine rings is 4. The van der Waals surface area contributed by atoms with Gasteiger partial charge >= 0.3 is 24.1 Å². The maximum Gasteiger partial charge on any atom is 0.321 e. The van der Waals surface area contributed by atoms with E-state index >= 15 is 0 Å². The fraction of sp³-hybridized carbons (Fsp3) is 0.616. The summed E-state index contributed by atoms with van der Waals surface area (Å²) in [5.41, 5.74) is 4.47. The monoisotopic (exact) mass is 1590 g/mol. The van der Waals surface area contributed by atoms with Gasteiger partial charge in [0.15, 0.2) is 0 Å². The second-order valence-electron chi connectivity index (χ2n) is 29.6. The number of carbonyl (C=O) groups excluding carboxylic acids is 4. The lowest BCUT2D eigenvalue weighted by Crippen LogP contribution is -2.48. The lowest BCUT2D eigenvalue weighted by molar-refractivity contribution is -0.00560. The van der Waals surface area contributed by atoms with Crippen LogP contribution in [0.2, 0.25) is 0 Å². The van der Waals surface area contributed by atoms with E-state index in [1.165, 1.54) is 42.1 Å². The van der Waals surface area contributed by atoms with Crippen LogP contribution in [0, 0.1) is 24.4 Å². The first-order valence-corrected chi connectivity index (χ1v) is 43.3. The number of nitrogens with zero attached hydrogens (tertiary/aromatic N) is 6. The third-order valence-corrected chi connectivity index (χ3v) is 26.9. The first kappa shape index (κ1) is 88.1. The minimum atomic E-state index is -3.33. The van der Waals surface area contributed by atoms with Crippen LogP contribution in [-0.4, -0.2) is 226 Å². The van der Waals surface area contributed by atoms with Crippen LogP contribution in [0.25, 0.3) is 0 Å². The summed E-state index contributed by atoms with van der Waals surface area (Å²) in [6.45, 7) is 29.9. The minimum Gasteiger partial charge on any atom is -0.372 e. The zero-order chi connectivity index (χ0) is 79.6. The predicted molar refractivity (Wildman–Crippen MR) is 418 cm³/mol. The minimum absolute atomic E-state index is 0.0236. The molecule has 0 spiro atoms. The normalized spacial score (nSPS) is 20.4. The van der Waals surface area contributed by atoms with Crippen LogP contribution in [0.4, 0.5) is 66.5 Å². The highest BCUT2D eigenvalue weighted by molar-refractivity contribution is 7.90. The van der Waals surface area contributed by atoms with Crippen molar-refractivity contribution < 1.29 is 75.5 Å². The highest BCUT2D eigenvalue weighted by Gasteiger charge is 2.34. The summed E-state index contributed by atoms with van der Waals surface area (Å²) in [6.07, 6.45) is 4.94. The number of urea groups is 4. The van der Waals surface area contributed by atoms with Crippen LogP contribution in [0.1, 0.15) is 140 Å². The molecule has 0 aromatic heterocycles. The molecule has 6 aliphatic heterocycles. The molecule has 28 nitrogen and oxygen atoms in total. The van der Waals surface area contributed by atoms with Crippen molar-refractivity contribution in [2.45, 2.75) is 211 Å². The Kier molecular flexibility index (Phi) is 32.4. The third kappa shape index (κ3) is 26.9. The van der Waals surface area contributed by atoms with E-state index in [1.54, 1.807) is 105 Å². The summed E-state index contributed by atoms with van der Waals surface area (Å²) in [6, 6.07) is 20.6. The number of aryl methyl sites for hydroxylation is 1. The number of halogens is 3. The number of hydrogen-bond acceptors (Lipinski definition) is 16. The maximum absolute atomic E-state index is 14.7. The first-order chi connectivity index (χ1) is 50.7. The second kappa shape index (κ2) is 39.7. The molecule has 35 heteroatoms. The summed E-state index contributed by atoms with van der Waals surface area (Å²) in [4.78, 5) is 60.4. The largest absolute Gasteiger partial charge is 0.372 e. The molecule has 108 heavy (non-hydrogen) atoms. The molecule has 6 heterocycles. The SMILES string of the molecule is CC(C)S(=O)(=O)NC1CCN(C(=O)Nc2ccc(N3C[C@@H](C)O[C@@H](C)C3)c(F)c2)CC1.CC(C)S(=O)(=O)NC1CCN(C(=O)Nc2cccc(F)c2)CC1.CC(C)S(=O)(=O)NC1CCN(C(=O)Nc2ccccc2F)CC1.Cc1cc(NC(=O)N2CCC(NS(=O)(=O)C(C)C)CC2)ccc1N1C[C@@H](C)O[C@@H](C)C1. The van der Waals surface area contributed by atoms with Gasteiger partial charge in [0.25, 0.3) is 0 Å². The fourth-order valence-corrected chi connectivity index (χ4v) is 16.8. The van der Waals surface area contributed by atoms with Crippen molar-refractivity contribution in [1.82, 2.24) is 38.5 Å². The molecule has 0 unspecified atom stereocenters. The molecule has 10 rings (SSSR count). The number of anilines is 6. The van der Waals surface area contributed by atoms with E-state index in [-0.39, 0.29) is 84.2 Å². The van der Waals surface area contributed by atoms with Crippen LogP contribution in [0.15, 0.2) is 84.9 Å². The van der Waals surface area contributed by atoms with Gasteiger partial charge in [-0.15, -0.1) is 0 Å². The van der Waals surface area contributed by atoms with Crippen molar-refractivity contribution in [2.24, 2.45) is 0 Å². The Labute approximate surface area is 637 Å². The van der Waals surface area contributed by atoms with E-state index in [9.17, 15) is 66.0 Å². The predicted octanol–water partition coefficient (Wildman–Crippen LogP) is 10.00. The number of carbonyl (C=O) groups is 4. The second-order valence-corrected chi connectivity index (χ2v) is 38.7. The number of likely N-dealkylation sites (tertiary alicyclic amines) is 4. The summed E-state index contributed by atoms with van der Waals surface area (Å²) >= 11 is 0. The van der Waals surface area contributed by atoms with Gasteiger partial charge in [-0.25, -0.2) is 84.9 Å². The average molecular weight is 1600 g/mol. The van der Waals surface area contributed by atoms with Crippen molar-refractivity contribution in [2.75, 3.05) is 110 Å². The molecular formula is C73H113F3N14O14S4. The molecule has 4 aromatic rings. The first-order valence-electron chi connectivity index (χ1n) is 37.2. The lowest BCUT2D eigenvalue weighted by Gasteiger charge is -2.37. The van der Waals surface area contributed by atoms with Crippen molar-refractivity contribution in [3.63, 3.8) is 0 Å². The van der Waals surface area contributed by atoms with E-state index in [0.717, 1.165) is 24.3 Å². The summed E-state index contributed by atoms with van der Waals surface area (Å²) < 4.78 is 159. The highest BCUT2D eigenvalue weighted by atomic mass is 32.2. The van der Waals surface area contributed by atoms with Gasteiger partial charge in [0.2, 0.25) is 40.1 Å². The van der Waals surface area contributed by atoms with E-state index < -0.39 is 72.7 Å². The summed E-state index contributed by atoms with van der Waals surface area (Å²) in [5, 5.41) is 9.01. The van der Waals surface area contributed by atoms with Gasteiger partial charge < -0.3 is 60.1 Å². The van der Waals surface area contributed by atoms with Crippen LogP contribution < -0.4 is 50.0 Å². The van der Waals surface area contributed by atoms with Crippen LogP contribution >= 0.6 is 0 Å². The average Bonchev–Trinajstić information content (AvgIpc) is 0.820. The van der Waals surface area contributed by atoms with Gasteiger partial charge in [-0.3, -0.25) is 0 Å². The molecule has 4 atom stereocenters. The molecule has 0 bridgehead atoms. The van der Waals surface area contributed by atoms with Crippen LogP contribution in [-0.2, 0) is 49.6 Å². The third-order valence-electron chi connectivity index (χ3n) is 19.3. The molecule has 0 aliphatic carbocycles. The zero-order valence-electron chi connectivity index (χ0n) is 64.3. The smallest absolute Gasteiger partial charge is 0.321 e. The zero-order valence-corrected chi connectivity index (χ0v) is 67.6. The van der Waals surface area contributed by atoms with Gasteiger partial charge in [0.1, 0.15) is 17.5 Å². The topological polar surface area (TPSA) is 339 Å². The Morgan fingerprint density at radius 3 is 1.00 bits per heavy atom. The molecule has 8 N–H and O–H groups in total. The van der Waals surface area contributed by atoms with Crippen LogP contribution in [0.3, 0.4) is 0 Å². The van der Waals surface area contributed by atoms with E-state index in [1.807, 2.05) is 30.9 Å². The Balaban J connectivity index is 0.000000203. The number of morpholine rings is 2. The molecule has 0 saturated carbocycles. The Bertz CT molecular complexity index is 3960. The van der Waals surface area contributed by atoms with E-state index in [4.69, 9.17) is 9.47 Å². The standard InChI is InChI=1S/C22H36N4O4S.C21H33FN4O4S.2C15H22FN3O3S/c1-15(2)31(28,29)24-19-8-10-25(11-9-19)22(27)23-20-6-7-21(16(3)12-20)26-13-17(4)30-18(5)14-26;1-14(2)31(28,29)24-17-7-9-25(10-8-17)21(27)23-18-5-6-20(19(22)11-18)26-12-15(3)30-16(4)13-26;1-11(2)23(21,22)18-13-6-8-19(9-7-13)15(20)17-14-5-3-4-12(16)10-14;1-11(2)23(21,22)18-12-7-9-19(10-8-12)15(20)17-14-6-4-3-5-13(14)16/h6-7,12,15,17-19,24H,8-11,13-14H2,1-5H3,(H,23,27);5-6,11,14-17,24H,7-10,12-13H2,1-4H3,(H,23,27);3-5,10-11,13,18H,6-9H2,1-2H3,(H,17,20);3-6,11-12,18H,7-10H2,1-2H3,(H,17,20)/t17-,18+;15-,16+;;. The summed E-state index contributed by atoms with van der Waals surface area (Å²) in [7, 11) is -13.2. The lowest BCUT2D eigenvalue weighted by atomic mass is 10.1. The quantitative estimate of drug-likeness (QED) is 0.0459. The van der Waals surface area contributed by atoms with Gasteiger partial charge in [0.05, 0.1) is 56.8 Å². The number of amides is 8. The van der Waals surface area contributed by atoms with E-state index in [2.05, 4.69) is 71.9 Å². The maximum atomic E-state index is 14.7. The number of sulfonamides is 4.